The summed E-state index contributed by atoms with van der Waals surface area (Å²) in [6.07, 6.45) is 3.23. The fraction of sp³-hybridized carbons (Fsp3) is 0.462. The van der Waals surface area contributed by atoms with Gasteiger partial charge in [0.05, 0.1) is 0 Å². The van der Waals surface area contributed by atoms with E-state index in [1.807, 2.05) is 0 Å². The van der Waals surface area contributed by atoms with Crippen LogP contribution in [0.4, 0.5) is 0 Å². The molecule has 92 valence electrons. The highest BCUT2D eigenvalue weighted by atomic mass is 35.5. The minimum Gasteiger partial charge on any atom is -0.329 e. The molecular weight excluding hydrogens is 257 g/mol. The van der Waals surface area contributed by atoms with Gasteiger partial charge in [-0.25, -0.2) is 0 Å². The lowest BCUT2D eigenvalue weighted by Crippen LogP contribution is -2.45. The zero-order valence-electron chi connectivity index (χ0n) is 9.51. The highest BCUT2D eigenvalue weighted by Gasteiger charge is 2.42. The first-order valence-corrected chi connectivity index (χ1v) is 6.50. The molecule has 0 spiro atoms. The van der Waals surface area contributed by atoms with Crippen molar-refractivity contribution in [1.29, 1.82) is 0 Å². The van der Waals surface area contributed by atoms with Crippen LogP contribution in [0.5, 0.6) is 0 Å². The summed E-state index contributed by atoms with van der Waals surface area (Å²) in [4.78, 5) is 12.2. The van der Waals surface area contributed by atoms with Crippen LogP contribution in [0.2, 0.25) is 10.0 Å². The van der Waals surface area contributed by atoms with Gasteiger partial charge in [-0.05, 0) is 36.6 Å². The van der Waals surface area contributed by atoms with Gasteiger partial charge in [0, 0.05) is 28.4 Å². The molecule has 1 fully saturated rings. The van der Waals surface area contributed by atoms with Gasteiger partial charge in [0.2, 0.25) is 0 Å². The third-order valence-electron chi connectivity index (χ3n) is 3.65. The number of carbonyl (C=O) groups excluding carboxylic acids is 1. The van der Waals surface area contributed by atoms with Crippen molar-refractivity contribution in [3.8, 4) is 0 Å². The Morgan fingerprint density at radius 2 is 2.06 bits per heavy atom. The van der Waals surface area contributed by atoms with Crippen molar-refractivity contribution in [2.45, 2.75) is 25.7 Å². The molecular formula is C13H15Cl2NO. The van der Waals surface area contributed by atoms with Gasteiger partial charge >= 0.3 is 0 Å². The molecule has 0 amide bonds. The molecule has 2 nitrogen and oxygen atoms in total. The van der Waals surface area contributed by atoms with Gasteiger partial charge in [-0.2, -0.15) is 0 Å². The normalized spacial score (nSPS) is 17.6. The van der Waals surface area contributed by atoms with Gasteiger partial charge in [-0.1, -0.05) is 29.6 Å². The minimum atomic E-state index is -0.300. The van der Waals surface area contributed by atoms with Crippen molar-refractivity contribution < 1.29 is 4.79 Å². The zero-order chi connectivity index (χ0) is 12.5. The first-order chi connectivity index (χ1) is 8.07. The molecule has 1 aromatic carbocycles. The van der Waals surface area contributed by atoms with Crippen LogP contribution in [-0.4, -0.2) is 12.3 Å². The summed E-state index contributed by atoms with van der Waals surface area (Å²) in [5.74, 6) is 0.190. The van der Waals surface area contributed by atoms with Crippen LogP contribution < -0.4 is 5.73 Å². The predicted octanol–water partition coefficient (Wildman–Crippen LogP) is 3.23. The van der Waals surface area contributed by atoms with E-state index in [2.05, 4.69) is 0 Å². The largest absolute Gasteiger partial charge is 0.329 e. The Morgan fingerprint density at radius 3 is 2.59 bits per heavy atom. The van der Waals surface area contributed by atoms with Gasteiger partial charge in [-0.15, -0.1) is 0 Å². The van der Waals surface area contributed by atoms with E-state index in [4.69, 9.17) is 28.9 Å². The zero-order valence-corrected chi connectivity index (χ0v) is 11.0. The summed E-state index contributed by atoms with van der Waals surface area (Å²) >= 11 is 12.0. The number of rotatable bonds is 4. The Hall–Kier alpha value is -0.570. The second kappa shape index (κ2) is 4.97. The molecule has 4 heteroatoms. The standard InChI is InChI=1S/C13H15Cl2NO/c14-10-2-3-11(15)9(6-10)7-12(17)13(8-16)4-1-5-13/h2-3,6H,1,4-5,7-8,16H2. The monoisotopic (exact) mass is 271 g/mol. The van der Waals surface area contributed by atoms with E-state index >= 15 is 0 Å². The number of halogens is 2. The Labute approximate surface area is 111 Å². The molecule has 1 aliphatic rings. The Morgan fingerprint density at radius 1 is 1.35 bits per heavy atom. The smallest absolute Gasteiger partial charge is 0.144 e. The minimum absolute atomic E-state index is 0.190. The number of hydrogen-bond acceptors (Lipinski definition) is 2. The van der Waals surface area contributed by atoms with E-state index in [0.717, 1.165) is 24.8 Å². The van der Waals surface area contributed by atoms with E-state index in [0.29, 0.717) is 23.0 Å². The summed E-state index contributed by atoms with van der Waals surface area (Å²) in [5, 5.41) is 1.20. The van der Waals surface area contributed by atoms with Crippen molar-refractivity contribution in [3.05, 3.63) is 33.8 Å². The first kappa shape index (κ1) is 12.9. The lowest BCUT2D eigenvalue weighted by molar-refractivity contribution is -0.132. The Bertz CT molecular complexity index is 436. The molecule has 0 heterocycles. The van der Waals surface area contributed by atoms with Crippen molar-refractivity contribution in [2.24, 2.45) is 11.1 Å². The van der Waals surface area contributed by atoms with Crippen LogP contribution >= 0.6 is 23.2 Å². The van der Waals surface area contributed by atoms with Crippen LogP contribution in [0.1, 0.15) is 24.8 Å². The second-order valence-electron chi connectivity index (χ2n) is 4.67. The van der Waals surface area contributed by atoms with Crippen LogP contribution in [-0.2, 0) is 11.2 Å². The summed E-state index contributed by atoms with van der Waals surface area (Å²) in [6.45, 7) is 0.435. The maximum absolute atomic E-state index is 12.2. The van der Waals surface area contributed by atoms with E-state index in [-0.39, 0.29) is 11.2 Å². The summed E-state index contributed by atoms with van der Waals surface area (Å²) in [7, 11) is 0. The topological polar surface area (TPSA) is 43.1 Å². The molecule has 0 saturated heterocycles. The predicted molar refractivity (Wildman–Crippen MR) is 70.5 cm³/mol. The van der Waals surface area contributed by atoms with Crippen molar-refractivity contribution in [1.82, 2.24) is 0 Å². The van der Waals surface area contributed by atoms with Crippen LogP contribution in [0, 0.1) is 5.41 Å². The number of benzene rings is 1. The third-order valence-corrected chi connectivity index (χ3v) is 4.26. The van der Waals surface area contributed by atoms with Gasteiger partial charge in [-0.3, -0.25) is 4.79 Å². The number of carbonyl (C=O) groups is 1. The van der Waals surface area contributed by atoms with E-state index < -0.39 is 0 Å². The average molecular weight is 272 g/mol. The van der Waals surface area contributed by atoms with Crippen LogP contribution in [0.15, 0.2) is 18.2 Å². The van der Waals surface area contributed by atoms with Gasteiger partial charge < -0.3 is 5.73 Å². The molecule has 1 saturated carbocycles. The summed E-state index contributed by atoms with van der Waals surface area (Å²) < 4.78 is 0. The average Bonchev–Trinajstić information content (AvgIpc) is 2.23. The molecule has 17 heavy (non-hydrogen) atoms. The van der Waals surface area contributed by atoms with Gasteiger partial charge in [0.25, 0.3) is 0 Å². The highest BCUT2D eigenvalue weighted by Crippen LogP contribution is 2.41. The molecule has 0 unspecified atom stereocenters. The number of ketones is 1. The molecule has 2 rings (SSSR count). The van der Waals surface area contributed by atoms with E-state index in [1.165, 1.54) is 0 Å². The molecule has 1 aromatic rings. The number of hydrogen-bond donors (Lipinski definition) is 1. The first-order valence-electron chi connectivity index (χ1n) is 5.75. The Balaban J connectivity index is 2.15. The summed E-state index contributed by atoms with van der Waals surface area (Å²) in [6, 6.07) is 5.20. The van der Waals surface area contributed by atoms with E-state index in [1.54, 1.807) is 18.2 Å². The molecule has 0 atom stereocenters. The molecule has 0 radical (unpaired) electrons. The lowest BCUT2D eigenvalue weighted by atomic mass is 9.65. The Kier molecular flexibility index (Phi) is 3.76. The second-order valence-corrected chi connectivity index (χ2v) is 5.52. The quantitative estimate of drug-likeness (QED) is 0.914. The van der Waals surface area contributed by atoms with E-state index in [9.17, 15) is 4.79 Å². The van der Waals surface area contributed by atoms with Gasteiger partial charge in [0.15, 0.2) is 0 Å². The van der Waals surface area contributed by atoms with Crippen LogP contribution in [0.25, 0.3) is 0 Å². The molecule has 0 aliphatic heterocycles. The van der Waals surface area contributed by atoms with Crippen molar-refractivity contribution in [3.63, 3.8) is 0 Å². The summed E-state index contributed by atoms with van der Waals surface area (Å²) in [5.41, 5.74) is 6.21. The lowest BCUT2D eigenvalue weighted by Gasteiger charge is -2.39. The number of Topliss-reactive ketones (excluding diaryl/α,β-unsaturated/α-hetero) is 1. The SMILES string of the molecule is NCC1(C(=O)Cc2cc(Cl)ccc2Cl)CCC1. The number of nitrogens with two attached hydrogens (primary N) is 1. The molecule has 0 aromatic heterocycles. The maximum atomic E-state index is 12.2. The fourth-order valence-corrected chi connectivity index (χ4v) is 2.62. The molecule has 0 bridgehead atoms. The fourth-order valence-electron chi connectivity index (χ4n) is 2.24. The molecule has 1 aliphatic carbocycles. The van der Waals surface area contributed by atoms with Crippen LogP contribution in [0.3, 0.4) is 0 Å². The van der Waals surface area contributed by atoms with Gasteiger partial charge in [0.1, 0.15) is 5.78 Å². The van der Waals surface area contributed by atoms with Crippen molar-refractivity contribution in [2.75, 3.05) is 6.54 Å². The molecule has 2 N–H and O–H groups in total. The maximum Gasteiger partial charge on any atom is 0.144 e. The van der Waals surface area contributed by atoms with Crippen molar-refractivity contribution >= 4 is 29.0 Å². The third kappa shape index (κ3) is 2.49. The highest BCUT2D eigenvalue weighted by molar-refractivity contribution is 6.33.